The second-order valence-electron chi connectivity index (χ2n) is 5.93. The van der Waals surface area contributed by atoms with Crippen LogP contribution in [0.4, 0.5) is 20.6 Å². The van der Waals surface area contributed by atoms with Crippen LogP contribution in [0.2, 0.25) is 0 Å². The number of nitrogens with one attached hydrogen (secondary N) is 2. The van der Waals surface area contributed by atoms with Gasteiger partial charge in [-0.25, -0.2) is 9.18 Å². The molecule has 0 aromatic heterocycles. The number of carbonyl (C=O) groups is 2. The Balaban J connectivity index is 1.69. The second kappa shape index (κ2) is 7.34. The smallest absolute Gasteiger partial charge is 0.321 e. The highest BCUT2D eigenvalue weighted by atomic mass is 19.1. The second-order valence-corrected chi connectivity index (χ2v) is 5.93. The van der Waals surface area contributed by atoms with Gasteiger partial charge in [0.25, 0.3) is 0 Å². The van der Waals surface area contributed by atoms with Gasteiger partial charge in [-0.15, -0.1) is 0 Å². The molecular formula is C19H20FN3O2. The van der Waals surface area contributed by atoms with Crippen molar-refractivity contribution in [2.24, 2.45) is 0 Å². The van der Waals surface area contributed by atoms with Crippen LogP contribution in [-0.4, -0.2) is 25.0 Å². The Labute approximate surface area is 145 Å². The molecule has 1 aliphatic heterocycles. The van der Waals surface area contributed by atoms with Gasteiger partial charge in [0.1, 0.15) is 5.82 Å². The Morgan fingerprint density at radius 1 is 1.20 bits per heavy atom. The molecule has 2 N–H and O–H groups in total. The van der Waals surface area contributed by atoms with Crippen LogP contribution in [0.3, 0.4) is 0 Å². The first kappa shape index (κ1) is 17.0. The topological polar surface area (TPSA) is 61.4 Å². The SMILES string of the molecule is CCC(C(=O)Nc1ccc(N2CCNC2=O)cc1)c1ccc(F)cc1. The number of carbonyl (C=O) groups excluding carboxylic acids is 2. The molecular weight excluding hydrogens is 321 g/mol. The van der Waals surface area contributed by atoms with Crippen molar-refractivity contribution in [3.8, 4) is 0 Å². The van der Waals surface area contributed by atoms with Crippen LogP contribution < -0.4 is 15.5 Å². The van der Waals surface area contributed by atoms with Gasteiger partial charge in [0.2, 0.25) is 5.91 Å². The number of rotatable bonds is 5. The number of amides is 3. The van der Waals surface area contributed by atoms with Crippen molar-refractivity contribution >= 4 is 23.3 Å². The van der Waals surface area contributed by atoms with E-state index < -0.39 is 0 Å². The third-order valence-electron chi connectivity index (χ3n) is 4.30. The summed E-state index contributed by atoms with van der Waals surface area (Å²) in [6.07, 6.45) is 0.615. The highest BCUT2D eigenvalue weighted by Gasteiger charge is 2.22. The minimum atomic E-state index is -0.343. The first-order valence-corrected chi connectivity index (χ1v) is 8.30. The molecule has 0 spiro atoms. The summed E-state index contributed by atoms with van der Waals surface area (Å²) >= 11 is 0. The van der Waals surface area contributed by atoms with E-state index >= 15 is 0 Å². The Bertz CT molecular complexity index is 759. The van der Waals surface area contributed by atoms with E-state index in [1.807, 2.05) is 6.92 Å². The average Bonchev–Trinajstić information content (AvgIpc) is 3.04. The zero-order valence-corrected chi connectivity index (χ0v) is 14.0. The predicted molar refractivity (Wildman–Crippen MR) is 95.2 cm³/mol. The largest absolute Gasteiger partial charge is 0.336 e. The van der Waals surface area contributed by atoms with Gasteiger partial charge in [0, 0.05) is 24.5 Å². The molecule has 1 aliphatic rings. The normalized spacial score (nSPS) is 15.0. The van der Waals surface area contributed by atoms with Crippen LogP contribution >= 0.6 is 0 Å². The van der Waals surface area contributed by atoms with Crippen LogP contribution in [0.1, 0.15) is 24.8 Å². The fraction of sp³-hybridized carbons (Fsp3) is 0.263. The standard InChI is InChI=1S/C19H20FN3O2/c1-2-17(13-3-5-14(20)6-4-13)18(24)22-15-7-9-16(10-8-15)23-12-11-21-19(23)25/h3-10,17H,2,11-12H2,1H3,(H,21,25)(H,22,24). The van der Waals surface area contributed by atoms with Crippen LogP contribution in [0, 0.1) is 5.82 Å². The van der Waals surface area contributed by atoms with E-state index in [2.05, 4.69) is 10.6 Å². The van der Waals surface area contributed by atoms with Crippen LogP contribution in [0.5, 0.6) is 0 Å². The number of urea groups is 1. The maximum Gasteiger partial charge on any atom is 0.321 e. The molecule has 5 nitrogen and oxygen atoms in total. The molecule has 2 aromatic rings. The minimum Gasteiger partial charge on any atom is -0.336 e. The molecule has 0 aliphatic carbocycles. The first-order valence-electron chi connectivity index (χ1n) is 8.30. The Kier molecular flexibility index (Phi) is 4.97. The lowest BCUT2D eigenvalue weighted by molar-refractivity contribution is -0.117. The third kappa shape index (κ3) is 3.79. The molecule has 130 valence electrons. The number of hydrogen-bond acceptors (Lipinski definition) is 2. The molecule has 25 heavy (non-hydrogen) atoms. The molecule has 1 unspecified atom stereocenters. The number of benzene rings is 2. The first-order chi connectivity index (χ1) is 12.1. The molecule has 1 saturated heterocycles. The Morgan fingerprint density at radius 2 is 1.88 bits per heavy atom. The number of halogens is 1. The molecule has 0 bridgehead atoms. The number of anilines is 2. The van der Waals surface area contributed by atoms with Gasteiger partial charge >= 0.3 is 6.03 Å². The maximum atomic E-state index is 13.1. The molecule has 0 saturated carbocycles. The van der Waals surface area contributed by atoms with Gasteiger partial charge in [-0.05, 0) is 48.4 Å². The molecule has 6 heteroatoms. The minimum absolute atomic E-state index is 0.112. The van der Waals surface area contributed by atoms with E-state index in [4.69, 9.17) is 0 Å². The molecule has 0 radical (unpaired) electrons. The van der Waals surface area contributed by atoms with Gasteiger partial charge in [-0.3, -0.25) is 9.69 Å². The fourth-order valence-corrected chi connectivity index (χ4v) is 2.94. The Morgan fingerprint density at radius 3 is 2.44 bits per heavy atom. The zero-order valence-electron chi connectivity index (χ0n) is 14.0. The summed E-state index contributed by atoms with van der Waals surface area (Å²) < 4.78 is 13.1. The van der Waals surface area contributed by atoms with Crippen LogP contribution in [-0.2, 0) is 4.79 Å². The van der Waals surface area contributed by atoms with Crippen molar-refractivity contribution in [2.75, 3.05) is 23.3 Å². The van der Waals surface area contributed by atoms with Gasteiger partial charge in [0.15, 0.2) is 0 Å². The predicted octanol–water partition coefficient (Wildman–Crippen LogP) is 3.49. The molecule has 3 rings (SSSR count). The number of hydrogen-bond donors (Lipinski definition) is 2. The van der Waals surface area contributed by atoms with Crippen LogP contribution in [0.15, 0.2) is 48.5 Å². The van der Waals surface area contributed by atoms with E-state index in [1.54, 1.807) is 41.3 Å². The monoisotopic (exact) mass is 341 g/mol. The number of nitrogens with zero attached hydrogens (tertiary/aromatic N) is 1. The summed E-state index contributed by atoms with van der Waals surface area (Å²) in [6.45, 7) is 3.18. The van der Waals surface area contributed by atoms with Gasteiger partial charge in [-0.1, -0.05) is 19.1 Å². The summed E-state index contributed by atoms with van der Waals surface area (Å²) in [6, 6.07) is 13.0. The molecule has 1 heterocycles. The van der Waals surface area contributed by atoms with E-state index in [0.29, 0.717) is 25.2 Å². The van der Waals surface area contributed by atoms with Crippen molar-refractivity contribution < 1.29 is 14.0 Å². The Hall–Kier alpha value is -2.89. The van der Waals surface area contributed by atoms with Crippen molar-refractivity contribution in [1.29, 1.82) is 0 Å². The van der Waals surface area contributed by atoms with E-state index in [-0.39, 0.29) is 23.7 Å². The average molecular weight is 341 g/mol. The van der Waals surface area contributed by atoms with Gasteiger partial charge in [-0.2, -0.15) is 0 Å². The van der Waals surface area contributed by atoms with Gasteiger partial charge < -0.3 is 10.6 Å². The fourth-order valence-electron chi connectivity index (χ4n) is 2.94. The molecule has 1 atom stereocenters. The van der Waals surface area contributed by atoms with Crippen molar-refractivity contribution in [3.63, 3.8) is 0 Å². The maximum absolute atomic E-state index is 13.1. The lowest BCUT2D eigenvalue weighted by Gasteiger charge is -2.17. The van der Waals surface area contributed by atoms with E-state index in [1.165, 1.54) is 12.1 Å². The summed E-state index contributed by atoms with van der Waals surface area (Å²) in [5, 5.41) is 5.63. The lowest BCUT2D eigenvalue weighted by atomic mass is 9.95. The summed E-state index contributed by atoms with van der Waals surface area (Å²) in [4.78, 5) is 25.9. The van der Waals surface area contributed by atoms with Gasteiger partial charge in [0.05, 0.1) is 5.92 Å². The van der Waals surface area contributed by atoms with E-state index in [0.717, 1.165) is 11.3 Å². The van der Waals surface area contributed by atoms with Crippen molar-refractivity contribution in [3.05, 3.63) is 59.9 Å². The van der Waals surface area contributed by atoms with Crippen molar-refractivity contribution in [2.45, 2.75) is 19.3 Å². The molecule has 1 fully saturated rings. The quantitative estimate of drug-likeness (QED) is 0.874. The summed E-state index contributed by atoms with van der Waals surface area (Å²) in [5.74, 6) is -0.800. The van der Waals surface area contributed by atoms with Crippen molar-refractivity contribution in [1.82, 2.24) is 5.32 Å². The lowest BCUT2D eigenvalue weighted by Crippen LogP contribution is -2.27. The molecule has 2 aromatic carbocycles. The summed E-state index contributed by atoms with van der Waals surface area (Å²) in [5.41, 5.74) is 2.24. The van der Waals surface area contributed by atoms with E-state index in [9.17, 15) is 14.0 Å². The van der Waals surface area contributed by atoms with Crippen LogP contribution in [0.25, 0.3) is 0 Å². The summed E-state index contributed by atoms with van der Waals surface area (Å²) in [7, 11) is 0. The highest BCUT2D eigenvalue weighted by Crippen LogP contribution is 2.24. The highest BCUT2D eigenvalue weighted by molar-refractivity contribution is 5.97. The molecule has 3 amide bonds. The third-order valence-corrected chi connectivity index (χ3v) is 4.30. The zero-order chi connectivity index (χ0) is 17.8.